The van der Waals surface area contributed by atoms with E-state index in [2.05, 4.69) is 5.32 Å². The van der Waals surface area contributed by atoms with Crippen molar-refractivity contribution in [2.75, 3.05) is 17.7 Å². The SMILES string of the molecule is COc1ccccc1[C@@H](C)NC(=O)c1ccc(CN(c2ccccc2)S(C)(=O)=O)cc1. The minimum absolute atomic E-state index is 0.183. The summed E-state index contributed by atoms with van der Waals surface area (Å²) in [5, 5.41) is 2.97. The van der Waals surface area contributed by atoms with E-state index in [4.69, 9.17) is 4.74 Å². The third-order valence-electron chi connectivity index (χ3n) is 4.94. The molecular weight excluding hydrogens is 412 g/mol. The molecule has 0 saturated carbocycles. The van der Waals surface area contributed by atoms with Crippen molar-refractivity contribution in [3.63, 3.8) is 0 Å². The second kappa shape index (κ2) is 9.66. The summed E-state index contributed by atoms with van der Waals surface area (Å²) in [4.78, 5) is 12.7. The Labute approximate surface area is 183 Å². The predicted octanol–water partition coefficient (Wildman–Crippen LogP) is 4.15. The van der Waals surface area contributed by atoms with E-state index in [1.807, 2.05) is 37.3 Å². The molecule has 1 N–H and O–H groups in total. The standard InChI is InChI=1S/C24H26N2O4S/c1-18(22-11-7-8-12-23(22)30-2)25-24(27)20-15-13-19(14-16-20)17-26(31(3,28)29)21-9-5-4-6-10-21/h4-16,18H,17H2,1-3H3,(H,25,27)/t18-/m1/s1. The van der Waals surface area contributed by atoms with Gasteiger partial charge in [0.2, 0.25) is 10.0 Å². The van der Waals surface area contributed by atoms with Crippen molar-refractivity contribution >= 4 is 21.6 Å². The molecule has 1 amide bonds. The fourth-order valence-electron chi connectivity index (χ4n) is 3.30. The number of sulfonamides is 1. The lowest BCUT2D eigenvalue weighted by molar-refractivity contribution is 0.0939. The maximum atomic E-state index is 12.7. The number of rotatable bonds is 8. The van der Waals surface area contributed by atoms with E-state index >= 15 is 0 Å². The highest BCUT2D eigenvalue weighted by Crippen LogP contribution is 2.25. The molecule has 3 rings (SSSR count). The van der Waals surface area contributed by atoms with Gasteiger partial charge in [-0.3, -0.25) is 9.10 Å². The van der Waals surface area contributed by atoms with Crippen molar-refractivity contribution in [3.05, 3.63) is 95.6 Å². The van der Waals surface area contributed by atoms with E-state index < -0.39 is 10.0 Å². The van der Waals surface area contributed by atoms with Crippen molar-refractivity contribution < 1.29 is 17.9 Å². The van der Waals surface area contributed by atoms with Gasteiger partial charge in [0.25, 0.3) is 5.91 Å². The molecule has 0 aromatic heterocycles. The number of carbonyl (C=O) groups excluding carboxylic acids is 1. The monoisotopic (exact) mass is 438 g/mol. The van der Waals surface area contributed by atoms with Gasteiger partial charge in [-0.25, -0.2) is 8.42 Å². The van der Waals surface area contributed by atoms with Gasteiger partial charge in [0.15, 0.2) is 0 Å². The van der Waals surface area contributed by atoms with Gasteiger partial charge in [-0.15, -0.1) is 0 Å². The van der Waals surface area contributed by atoms with E-state index in [-0.39, 0.29) is 18.5 Å². The van der Waals surface area contributed by atoms with Crippen LogP contribution in [0.5, 0.6) is 5.75 Å². The van der Waals surface area contributed by atoms with E-state index in [0.29, 0.717) is 17.0 Å². The summed E-state index contributed by atoms with van der Waals surface area (Å²) in [6.45, 7) is 2.08. The zero-order chi connectivity index (χ0) is 22.4. The summed E-state index contributed by atoms with van der Waals surface area (Å²) < 4.78 is 31.2. The number of methoxy groups -OCH3 is 1. The number of hydrogen-bond donors (Lipinski definition) is 1. The topological polar surface area (TPSA) is 75.7 Å². The number of ether oxygens (including phenoxy) is 1. The molecule has 0 aliphatic rings. The van der Waals surface area contributed by atoms with Crippen molar-refractivity contribution in [2.24, 2.45) is 0 Å². The number of anilines is 1. The smallest absolute Gasteiger partial charge is 0.251 e. The number of benzene rings is 3. The average Bonchev–Trinajstić information content (AvgIpc) is 2.77. The van der Waals surface area contributed by atoms with Crippen molar-refractivity contribution in [3.8, 4) is 5.75 Å². The van der Waals surface area contributed by atoms with E-state index in [1.165, 1.54) is 10.6 Å². The van der Waals surface area contributed by atoms with Crippen LogP contribution in [-0.4, -0.2) is 27.7 Å². The van der Waals surface area contributed by atoms with E-state index in [0.717, 1.165) is 11.1 Å². The Bertz CT molecular complexity index is 1130. The third kappa shape index (κ3) is 5.64. The summed E-state index contributed by atoms with van der Waals surface area (Å²) in [5.41, 5.74) is 2.76. The Kier molecular flexibility index (Phi) is 6.97. The number of carbonyl (C=O) groups is 1. The number of nitrogens with zero attached hydrogens (tertiary/aromatic N) is 1. The van der Waals surface area contributed by atoms with Crippen LogP contribution >= 0.6 is 0 Å². The van der Waals surface area contributed by atoms with Crippen molar-refractivity contribution in [1.29, 1.82) is 0 Å². The zero-order valence-corrected chi connectivity index (χ0v) is 18.6. The van der Waals surface area contributed by atoms with Crippen LogP contribution in [0.3, 0.4) is 0 Å². The molecule has 0 aliphatic carbocycles. The first-order valence-electron chi connectivity index (χ1n) is 9.85. The van der Waals surface area contributed by atoms with Crippen LogP contribution in [-0.2, 0) is 16.6 Å². The molecule has 0 unspecified atom stereocenters. The van der Waals surface area contributed by atoms with Gasteiger partial charge in [0.05, 0.1) is 31.6 Å². The van der Waals surface area contributed by atoms with Gasteiger partial charge >= 0.3 is 0 Å². The summed E-state index contributed by atoms with van der Waals surface area (Å²) in [6, 6.07) is 23.2. The van der Waals surface area contributed by atoms with Crippen LogP contribution in [0.15, 0.2) is 78.9 Å². The Morgan fingerprint density at radius 2 is 1.58 bits per heavy atom. The summed E-state index contributed by atoms with van der Waals surface area (Å²) in [7, 11) is -1.86. The first kappa shape index (κ1) is 22.4. The lowest BCUT2D eigenvalue weighted by Crippen LogP contribution is -2.29. The zero-order valence-electron chi connectivity index (χ0n) is 17.8. The molecule has 0 bridgehead atoms. The minimum atomic E-state index is -3.45. The van der Waals surface area contributed by atoms with Crippen molar-refractivity contribution in [2.45, 2.75) is 19.5 Å². The van der Waals surface area contributed by atoms with Crippen LogP contribution in [0.25, 0.3) is 0 Å². The minimum Gasteiger partial charge on any atom is -0.496 e. The van der Waals surface area contributed by atoms with Gasteiger partial charge in [0.1, 0.15) is 5.75 Å². The van der Waals surface area contributed by atoms with E-state index in [1.54, 1.807) is 55.6 Å². The number of amides is 1. The molecule has 0 spiro atoms. The lowest BCUT2D eigenvalue weighted by atomic mass is 10.1. The highest BCUT2D eigenvalue weighted by atomic mass is 32.2. The highest BCUT2D eigenvalue weighted by molar-refractivity contribution is 7.92. The molecule has 0 heterocycles. The molecule has 1 atom stereocenters. The Morgan fingerprint density at radius 1 is 0.968 bits per heavy atom. The van der Waals surface area contributed by atoms with Crippen LogP contribution in [0.4, 0.5) is 5.69 Å². The molecule has 6 nitrogen and oxygen atoms in total. The second-order valence-corrected chi connectivity index (χ2v) is 9.15. The van der Waals surface area contributed by atoms with Gasteiger partial charge in [-0.1, -0.05) is 48.5 Å². The lowest BCUT2D eigenvalue weighted by Gasteiger charge is -2.22. The number of para-hydroxylation sites is 2. The third-order valence-corrected chi connectivity index (χ3v) is 6.08. The largest absolute Gasteiger partial charge is 0.496 e. The Hall–Kier alpha value is -3.32. The molecule has 31 heavy (non-hydrogen) atoms. The maximum Gasteiger partial charge on any atom is 0.251 e. The van der Waals surface area contributed by atoms with Gasteiger partial charge in [-0.2, -0.15) is 0 Å². The molecule has 162 valence electrons. The van der Waals surface area contributed by atoms with Crippen LogP contribution in [0.1, 0.15) is 34.5 Å². The van der Waals surface area contributed by atoms with Gasteiger partial charge in [-0.05, 0) is 42.8 Å². The van der Waals surface area contributed by atoms with Crippen molar-refractivity contribution in [1.82, 2.24) is 5.32 Å². The average molecular weight is 439 g/mol. The number of nitrogens with one attached hydrogen (secondary N) is 1. The Morgan fingerprint density at radius 3 is 2.19 bits per heavy atom. The molecule has 3 aromatic rings. The molecule has 0 aliphatic heterocycles. The van der Waals surface area contributed by atoms with Crippen LogP contribution in [0.2, 0.25) is 0 Å². The predicted molar refractivity (Wildman–Crippen MR) is 123 cm³/mol. The quantitative estimate of drug-likeness (QED) is 0.573. The molecule has 7 heteroatoms. The Balaban J connectivity index is 1.72. The normalized spacial score (nSPS) is 12.1. The molecule has 3 aromatic carbocycles. The highest BCUT2D eigenvalue weighted by Gasteiger charge is 2.18. The fourth-order valence-corrected chi connectivity index (χ4v) is 4.19. The fraction of sp³-hybridized carbons (Fsp3) is 0.208. The first-order valence-corrected chi connectivity index (χ1v) is 11.7. The molecule has 0 saturated heterocycles. The summed E-state index contributed by atoms with van der Waals surface area (Å²) in [6.07, 6.45) is 1.18. The van der Waals surface area contributed by atoms with Gasteiger partial charge < -0.3 is 10.1 Å². The summed E-state index contributed by atoms with van der Waals surface area (Å²) >= 11 is 0. The van der Waals surface area contributed by atoms with E-state index in [9.17, 15) is 13.2 Å². The first-order chi connectivity index (χ1) is 14.8. The molecule has 0 fully saturated rings. The second-order valence-electron chi connectivity index (χ2n) is 7.24. The van der Waals surface area contributed by atoms with Crippen LogP contribution < -0.4 is 14.4 Å². The molecular formula is C24H26N2O4S. The van der Waals surface area contributed by atoms with Crippen LogP contribution in [0, 0.1) is 0 Å². The number of hydrogen-bond acceptors (Lipinski definition) is 4. The summed E-state index contributed by atoms with van der Waals surface area (Å²) in [5.74, 6) is 0.500. The maximum absolute atomic E-state index is 12.7. The van der Waals surface area contributed by atoms with Gasteiger partial charge in [0, 0.05) is 11.1 Å². The molecule has 0 radical (unpaired) electrons.